The van der Waals surface area contributed by atoms with Gasteiger partial charge in [0.2, 0.25) is 5.88 Å². The molecule has 0 spiro atoms. The third-order valence-electron chi connectivity index (χ3n) is 5.35. The first-order chi connectivity index (χ1) is 15.8. The summed E-state index contributed by atoms with van der Waals surface area (Å²) in [6.45, 7) is 1.17. The molecule has 4 nitrogen and oxygen atoms in total. The molecular formula is C28H23N3O. The summed E-state index contributed by atoms with van der Waals surface area (Å²) in [4.78, 5) is 12.1. The highest BCUT2D eigenvalue weighted by Gasteiger charge is 2.05. The molecule has 0 amide bonds. The van der Waals surface area contributed by atoms with Crippen molar-refractivity contribution in [1.29, 1.82) is 0 Å². The van der Waals surface area contributed by atoms with Crippen LogP contribution in [0.25, 0.3) is 23.1 Å². The molecule has 0 bridgehead atoms. The normalized spacial score (nSPS) is 13.8. The van der Waals surface area contributed by atoms with Crippen molar-refractivity contribution in [3.8, 4) is 5.88 Å². The van der Waals surface area contributed by atoms with E-state index in [0.717, 1.165) is 22.4 Å². The lowest BCUT2D eigenvalue weighted by Gasteiger charge is -2.07. The van der Waals surface area contributed by atoms with E-state index in [2.05, 4.69) is 81.7 Å². The number of hydrogen-bond donors (Lipinski definition) is 1. The Morgan fingerprint density at radius 1 is 0.906 bits per heavy atom. The maximum atomic E-state index is 5.82. The fraction of sp³-hybridized carbons (Fsp3) is 0.0714. The van der Waals surface area contributed by atoms with Crippen molar-refractivity contribution < 1.29 is 4.74 Å². The van der Waals surface area contributed by atoms with Gasteiger partial charge in [0.1, 0.15) is 6.61 Å². The van der Waals surface area contributed by atoms with E-state index in [1.807, 2.05) is 36.5 Å². The lowest BCUT2D eigenvalue weighted by atomic mass is 10.1. The number of aliphatic imine (C=N–C) groups is 1. The number of aromatic nitrogens is 2. The van der Waals surface area contributed by atoms with Gasteiger partial charge in [0.15, 0.2) is 0 Å². The summed E-state index contributed by atoms with van der Waals surface area (Å²) in [7, 11) is 0. The maximum Gasteiger partial charge on any atom is 0.213 e. The van der Waals surface area contributed by atoms with E-state index in [-0.39, 0.29) is 0 Å². The Balaban J connectivity index is 1.24. The molecule has 3 heterocycles. The van der Waals surface area contributed by atoms with Gasteiger partial charge in [-0.2, -0.15) is 0 Å². The molecule has 1 aliphatic rings. The van der Waals surface area contributed by atoms with Crippen LogP contribution in [0, 0.1) is 0 Å². The smallest absolute Gasteiger partial charge is 0.213 e. The van der Waals surface area contributed by atoms with E-state index in [1.54, 1.807) is 6.20 Å². The minimum atomic E-state index is 0.472. The van der Waals surface area contributed by atoms with E-state index in [1.165, 1.54) is 16.5 Å². The topological polar surface area (TPSA) is 50.3 Å². The van der Waals surface area contributed by atoms with Crippen LogP contribution in [0.2, 0.25) is 0 Å². The molecule has 4 aromatic rings. The zero-order chi connectivity index (χ0) is 21.6. The predicted octanol–water partition coefficient (Wildman–Crippen LogP) is 6.25. The number of benzene rings is 2. The Morgan fingerprint density at radius 3 is 2.78 bits per heavy atom. The molecule has 0 fully saturated rings. The summed E-state index contributed by atoms with van der Waals surface area (Å²) in [5.74, 6) is 0.626. The third-order valence-corrected chi connectivity index (χ3v) is 5.35. The summed E-state index contributed by atoms with van der Waals surface area (Å²) in [5.41, 5.74) is 6.74. The lowest BCUT2D eigenvalue weighted by molar-refractivity contribution is 0.293. The largest absolute Gasteiger partial charge is 0.473 e. The van der Waals surface area contributed by atoms with Crippen LogP contribution in [0.3, 0.4) is 0 Å². The van der Waals surface area contributed by atoms with E-state index < -0.39 is 0 Å². The van der Waals surface area contributed by atoms with Gasteiger partial charge in [0.05, 0.1) is 12.3 Å². The van der Waals surface area contributed by atoms with Crippen LogP contribution in [0.5, 0.6) is 5.88 Å². The monoisotopic (exact) mass is 417 g/mol. The number of allylic oxidation sites excluding steroid dienone is 2. The van der Waals surface area contributed by atoms with Gasteiger partial charge in [0, 0.05) is 24.0 Å². The molecule has 2 aromatic heterocycles. The summed E-state index contributed by atoms with van der Waals surface area (Å²) >= 11 is 0. The second-order valence-corrected chi connectivity index (χ2v) is 7.61. The van der Waals surface area contributed by atoms with Crippen molar-refractivity contribution in [3.05, 3.63) is 120 Å². The second-order valence-electron chi connectivity index (χ2n) is 7.61. The Morgan fingerprint density at radius 2 is 1.84 bits per heavy atom. The fourth-order valence-electron chi connectivity index (χ4n) is 3.63. The van der Waals surface area contributed by atoms with Crippen LogP contribution >= 0.6 is 0 Å². The second kappa shape index (κ2) is 9.31. The molecule has 0 saturated heterocycles. The van der Waals surface area contributed by atoms with Crippen molar-refractivity contribution in [2.75, 3.05) is 6.54 Å². The average Bonchev–Trinajstić information content (AvgIpc) is 3.50. The van der Waals surface area contributed by atoms with Crippen LogP contribution < -0.4 is 4.74 Å². The van der Waals surface area contributed by atoms with Gasteiger partial charge >= 0.3 is 0 Å². The number of ether oxygens (including phenoxy) is 1. The zero-order valence-electron chi connectivity index (χ0n) is 17.6. The number of rotatable bonds is 7. The van der Waals surface area contributed by atoms with Gasteiger partial charge in [-0.05, 0) is 64.1 Å². The van der Waals surface area contributed by atoms with E-state index in [0.29, 0.717) is 19.0 Å². The summed E-state index contributed by atoms with van der Waals surface area (Å²) in [6.07, 6.45) is 14.3. The van der Waals surface area contributed by atoms with Crippen LogP contribution in [-0.4, -0.2) is 22.2 Å². The quantitative estimate of drug-likeness (QED) is 0.386. The Kier molecular flexibility index (Phi) is 5.75. The van der Waals surface area contributed by atoms with Crippen molar-refractivity contribution in [2.24, 2.45) is 4.99 Å². The highest BCUT2D eigenvalue weighted by atomic mass is 16.5. The molecule has 2 aromatic carbocycles. The number of H-pyrrole nitrogens is 1. The van der Waals surface area contributed by atoms with Gasteiger partial charge in [0.25, 0.3) is 0 Å². The first kappa shape index (κ1) is 19.8. The predicted molar refractivity (Wildman–Crippen MR) is 132 cm³/mol. The molecule has 1 N–H and O–H groups in total. The van der Waals surface area contributed by atoms with Crippen LogP contribution in [-0.2, 0) is 6.61 Å². The molecule has 156 valence electrons. The standard InChI is InChI=1S/C28H23N3O/c1-2-6-25(20-32-28-7-3-4-15-30-28)23(5-1)11-12-26-18-22(19-31-26)9-8-21-10-13-27-24(17-21)14-16-29-27/h1-18,29H,19-20H2/b9-8+,12-11+. The van der Waals surface area contributed by atoms with Gasteiger partial charge < -0.3 is 9.72 Å². The number of nitrogens with zero attached hydrogens (tertiary/aromatic N) is 2. The molecule has 0 saturated carbocycles. The molecule has 0 aliphatic carbocycles. The summed E-state index contributed by atoms with van der Waals surface area (Å²) in [5, 5.41) is 1.22. The SMILES string of the molecule is C1=C(/C=C/c2ccc3[nH]ccc3c2)CN=C1/C=C/c1ccccc1COc1ccccn1. The van der Waals surface area contributed by atoms with Gasteiger partial charge in [-0.1, -0.05) is 54.6 Å². The van der Waals surface area contributed by atoms with Gasteiger partial charge in [-0.15, -0.1) is 0 Å². The minimum Gasteiger partial charge on any atom is -0.473 e. The molecule has 0 radical (unpaired) electrons. The number of pyridine rings is 1. The molecule has 0 atom stereocenters. The van der Waals surface area contributed by atoms with Crippen LogP contribution in [0.4, 0.5) is 0 Å². The molecule has 4 heteroatoms. The average molecular weight is 418 g/mol. The first-order valence-corrected chi connectivity index (χ1v) is 10.6. The number of aromatic amines is 1. The van der Waals surface area contributed by atoms with Gasteiger partial charge in [-0.25, -0.2) is 4.98 Å². The molecule has 32 heavy (non-hydrogen) atoms. The molecule has 5 rings (SSSR count). The zero-order valence-corrected chi connectivity index (χ0v) is 17.6. The van der Waals surface area contributed by atoms with E-state index in [9.17, 15) is 0 Å². The van der Waals surface area contributed by atoms with Crippen molar-refractivity contribution in [2.45, 2.75) is 6.61 Å². The highest BCUT2D eigenvalue weighted by molar-refractivity contribution is 6.08. The molecular weight excluding hydrogens is 394 g/mol. The third kappa shape index (κ3) is 4.76. The lowest BCUT2D eigenvalue weighted by Crippen LogP contribution is -1.99. The van der Waals surface area contributed by atoms with E-state index >= 15 is 0 Å². The molecule has 1 aliphatic heterocycles. The van der Waals surface area contributed by atoms with Crippen LogP contribution in [0.1, 0.15) is 16.7 Å². The van der Waals surface area contributed by atoms with Crippen molar-refractivity contribution in [1.82, 2.24) is 9.97 Å². The number of fused-ring (bicyclic) bond motifs is 1. The summed E-state index contributed by atoms with van der Waals surface area (Å²) < 4.78 is 5.82. The van der Waals surface area contributed by atoms with E-state index in [4.69, 9.17) is 4.74 Å². The Bertz CT molecular complexity index is 1340. The molecule has 0 unspecified atom stereocenters. The number of hydrogen-bond acceptors (Lipinski definition) is 3. The summed E-state index contributed by atoms with van der Waals surface area (Å²) in [6, 6.07) is 22.4. The highest BCUT2D eigenvalue weighted by Crippen LogP contribution is 2.18. The van der Waals surface area contributed by atoms with Crippen molar-refractivity contribution in [3.63, 3.8) is 0 Å². The Hall–Kier alpha value is -4.18. The van der Waals surface area contributed by atoms with Gasteiger partial charge in [-0.3, -0.25) is 4.99 Å². The Labute approximate surface area is 187 Å². The van der Waals surface area contributed by atoms with Crippen molar-refractivity contribution >= 4 is 28.8 Å². The number of nitrogens with one attached hydrogen (secondary N) is 1. The fourth-order valence-corrected chi connectivity index (χ4v) is 3.63. The minimum absolute atomic E-state index is 0.472. The van der Waals surface area contributed by atoms with Crippen LogP contribution in [0.15, 0.2) is 108 Å². The maximum absolute atomic E-state index is 5.82. The first-order valence-electron chi connectivity index (χ1n) is 10.6.